The molecule has 0 fully saturated rings. The summed E-state index contributed by atoms with van der Waals surface area (Å²) < 4.78 is 13.5. The minimum absolute atomic E-state index is 0.0886. The van der Waals surface area contributed by atoms with Gasteiger partial charge in [-0.05, 0) is 19.1 Å². The fourth-order valence-corrected chi connectivity index (χ4v) is 1.32. The first-order valence-electron chi connectivity index (χ1n) is 5.19. The molecule has 0 aliphatic carbocycles. The predicted molar refractivity (Wildman–Crippen MR) is 65.9 cm³/mol. The fraction of sp³-hybridized carbons (Fsp3) is 0.231. The molecule has 0 saturated carbocycles. The highest BCUT2D eigenvalue weighted by Crippen LogP contribution is 2.20. The maximum atomic E-state index is 13.5. The Hall–Kier alpha value is -2.37. The molecule has 92 valence electrons. The zero-order valence-electron chi connectivity index (χ0n) is 9.83. The smallest absolute Gasteiger partial charge is 0.242 e. The Morgan fingerprint density at radius 1 is 1.67 bits per heavy atom. The van der Waals surface area contributed by atoms with E-state index in [1.54, 1.807) is 0 Å². The Bertz CT molecular complexity index is 555. The second-order valence-electron chi connectivity index (χ2n) is 3.75. The number of carbonyl (C=O) groups is 1. The van der Waals surface area contributed by atoms with Crippen molar-refractivity contribution in [2.45, 2.75) is 19.4 Å². The Labute approximate surface area is 105 Å². The van der Waals surface area contributed by atoms with E-state index in [9.17, 15) is 9.18 Å². The molecule has 0 spiro atoms. The van der Waals surface area contributed by atoms with Gasteiger partial charge in [-0.2, -0.15) is 5.26 Å². The van der Waals surface area contributed by atoms with Gasteiger partial charge in [0.1, 0.15) is 5.82 Å². The van der Waals surface area contributed by atoms with Crippen LogP contribution in [0.5, 0.6) is 0 Å². The number of carbonyl (C=O) groups excluding carboxylic acids is 1. The molecule has 0 aliphatic heterocycles. The van der Waals surface area contributed by atoms with Crippen LogP contribution < -0.4 is 11.1 Å². The lowest BCUT2D eigenvalue weighted by atomic mass is 10.1. The van der Waals surface area contributed by atoms with Crippen LogP contribution in [0.3, 0.4) is 0 Å². The minimum atomic E-state index is -0.858. The Morgan fingerprint density at radius 2 is 2.33 bits per heavy atom. The second-order valence-corrected chi connectivity index (χ2v) is 3.75. The summed E-state index contributed by atoms with van der Waals surface area (Å²) in [6, 6.07) is 3.44. The SMILES string of the molecule is C#CCC(N)C(=O)Nc1cc(C#N)cc(F)c1C. The molecule has 0 bridgehead atoms. The lowest BCUT2D eigenvalue weighted by Gasteiger charge is -2.12. The van der Waals surface area contributed by atoms with Gasteiger partial charge in [-0.25, -0.2) is 4.39 Å². The number of benzene rings is 1. The first kappa shape index (κ1) is 13.7. The van der Waals surface area contributed by atoms with Gasteiger partial charge in [0.15, 0.2) is 0 Å². The number of nitrogens with zero attached hydrogens (tertiary/aromatic N) is 1. The highest BCUT2D eigenvalue weighted by atomic mass is 19.1. The zero-order valence-corrected chi connectivity index (χ0v) is 9.83. The second kappa shape index (κ2) is 5.81. The highest BCUT2D eigenvalue weighted by Gasteiger charge is 2.15. The van der Waals surface area contributed by atoms with Crippen molar-refractivity contribution < 1.29 is 9.18 Å². The monoisotopic (exact) mass is 245 g/mol. The summed E-state index contributed by atoms with van der Waals surface area (Å²) in [5.41, 5.74) is 6.12. The number of amides is 1. The van der Waals surface area contributed by atoms with E-state index in [0.717, 1.165) is 6.07 Å². The minimum Gasteiger partial charge on any atom is -0.324 e. The normalized spacial score (nSPS) is 11.2. The van der Waals surface area contributed by atoms with Gasteiger partial charge >= 0.3 is 0 Å². The molecule has 5 heteroatoms. The molecule has 1 aromatic rings. The summed E-state index contributed by atoms with van der Waals surface area (Å²) in [6.07, 6.45) is 5.14. The number of halogens is 1. The van der Waals surface area contributed by atoms with Crippen molar-refractivity contribution in [2.24, 2.45) is 5.73 Å². The largest absolute Gasteiger partial charge is 0.324 e. The molecule has 0 aromatic heterocycles. The van der Waals surface area contributed by atoms with Crippen LogP contribution in [0.25, 0.3) is 0 Å². The average molecular weight is 245 g/mol. The number of nitrogens with one attached hydrogen (secondary N) is 1. The maximum absolute atomic E-state index is 13.5. The zero-order chi connectivity index (χ0) is 13.7. The van der Waals surface area contributed by atoms with Crippen molar-refractivity contribution in [3.63, 3.8) is 0 Å². The molecule has 18 heavy (non-hydrogen) atoms. The van der Waals surface area contributed by atoms with Gasteiger partial charge < -0.3 is 11.1 Å². The quantitative estimate of drug-likeness (QED) is 0.788. The molecule has 1 atom stereocenters. The number of nitrogens with two attached hydrogens (primary N) is 1. The van der Waals surface area contributed by atoms with Crippen molar-refractivity contribution in [2.75, 3.05) is 5.32 Å². The topological polar surface area (TPSA) is 78.9 Å². The van der Waals surface area contributed by atoms with E-state index < -0.39 is 17.8 Å². The Balaban J connectivity index is 2.98. The van der Waals surface area contributed by atoms with Crippen LogP contribution in [0.2, 0.25) is 0 Å². The molecule has 1 unspecified atom stereocenters. The number of anilines is 1. The lowest BCUT2D eigenvalue weighted by Crippen LogP contribution is -2.35. The van der Waals surface area contributed by atoms with E-state index in [-0.39, 0.29) is 23.2 Å². The summed E-state index contributed by atoms with van der Waals surface area (Å²) in [4.78, 5) is 11.6. The van der Waals surface area contributed by atoms with Crippen molar-refractivity contribution in [3.8, 4) is 18.4 Å². The van der Waals surface area contributed by atoms with Gasteiger partial charge in [-0.15, -0.1) is 12.3 Å². The van der Waals surface area contributed by atoms with E-state index in [1.807, 2.05) is 6.07 Å². The van der Waals surface area contributed by atoms with Crippen LogP contribution in [-0.2, 0) is 4.79 Å². The van der Waals surface area contributed by atoms with Crippen LogP contribution in [0.1, 0.15) is 17.5 Å². The number of terminal acetylenes is 1. The molecule has 4 nitrogen and oxygen atoms in total. The van der Waals surface area contributed by atoms with Crippen LogP contribution >= 0.6 is 0 Å². The first-order valence-corrected chi connectivity index (χ1v) is 5.19. The van der Waals surface area contributed by atoms with Gasteiger partial charge in [0.25, 0.3) is 0 Å². The third-order valence-corrected chi connectivity index (χ3v) is 2.41. The molecule has 0 radical (unpaired) electrons. The standard InChI is InChI=1S/C13H12FN3O/c1-3-4-11(16)13(18)17-12-6-9(7-15)5-10(14)8(12)2/h1,5-6,11H,4,16H2,2H3,(H,17,18). The van der Waals surface area contributed by atoms with Crippen LogP contribution in [0.15, 0.2) is 12.1 Å². The molecule has 0 heterocycles. The predicted octanol–water partition coefficient (Wildman–Crippen LogP) is 1.29. The van der Waals surface area contributed by atoms with Crippen molar-refractivity contribution >= 4 is 11.6 Å². The lowest BCUT2D eigenvalue weighted by molar-refractivity contribution is -0.117. The van der Waals surface area contributed by atoms with E-state index in [1.165, 1.54) is 13.0 Å². The van der Waals surface area contributed by atoms with Crippen LogP contribution in [-0.4, -0.2) is 11.9 Å². The number of hydrogen-bond donors (Lipinski definition) is 2. The molecule has 3 N–H and O–H groups in total. The summed E-state index contributed by atoms with van der Waals surface area (Å²) in [7, 11) is 0. The molecular weight excluding hydrogens is 233 g/mol. The molecule has 1 amide bonds. The van der Waals surface area contributed by atoms with Gasteiger partial charge in [0.05, 0.1) is 17.7 Å². The van der Waals surface area contributed by atoms with E-state index in [2.05, 4.69) is 11.2 Å². The molecular formula is C13H12FN3O. The number of nitriles is 1. The van der Waals surface area contributed by atoms with Crippen LogP contribution in [0, 0.1) is 36.4 Å². The van der Waals surface area contributed by atoms with Gasteiger partial charge in [0, 0.05) is 17.7 Å². The van der Waals surface area contributed by atoms with Crippen molar-refractivity contribution in [1.82, 2.24) is 0 Å². The van der Waals surface area contributed by atoms with E-state index >= 15 is 0 Å². The van der Waals surface area contributed by atoms with E-state index in [4.69, 9.17) is 17.4 Å². The number of rotatable bonds is 3. The molecule has 1 aromatic carbocycles. The Kier molecular flexibility index (Phi) is 4.42. The van der Waals surface area contributed by atoms with Crippen molar-refractivity contribution in [3.05, 3.63) is 29.1 Å². The summed E-state index contributed by atoms with van der Waals surface area (Å²) in [5.74, 6) is 1.20. The Morgan fingerprint density at radius 3 is 2.89 bits per heavy atom. The van der Waals surface area contributed by atoms with Crippen LogP contribution in [0.4, 0.5) is 10.1 Å². The molecule has 0 saturated heterocycles. The molecule has 1 rings (SSSR count). The van der Waals surface area contributed by atoms with Gasteiger partial charge in [-0.1, -0.05) is 0 Å². The number of hydrogen-bond acceptors (Lipinski definition) is 3. The summed E-state index contributed by atoms with van der Waals surface area (Å²) in [6.45, 7) is 1.50. The maximum Gasteiger partial charge on any atom is 0.242 e. The first-order chi connectivity index (χ1) is 8.49. The highest BCUT2D eigenvalue weighted by molar-refractivity contribution is 5.95. The third kappa shape index (κ3) is 3.07. The van der Waals surface area contributed by atoms with Crippen molar-refractivity contribution in [1.29, 1.82) is 5.26 Å². The third-order valence-electron chi connectivity index (χ3n) is 2.41. The summed E-state index contributed by atoms with van der Waals surface area (Å²) in [5, 5.41) is 11.2. The van der Waals surface area contributed by atoms with Gasteiger partial charge in [0.2, 0.25) is 5.91 Å². The molecule has 0 aliphatic rings. The average Bonchev–Trinajstić information content (AvgIpc) is 2.34. The van der Waals surface area contributed by atoms with E-state index in [0.29, 0.717) is 0 Å². The van der Waals surface area contributed by atoms with Gasteiger partial charge in [-0.3, -0.25) is 4.79 Å². The fourth-order valence-electron chi connectivity index (χ4n) is 1.32. The summed E-state index contributed by atoms with van der Waals surface area (Å²) >= 11 is 0.